The molecule has 0 spiro atoms. The Morgan fingerprint density at radius 2 is 1.68 bits per heavy atom. The van der Waals surface area contributed by atoms with Gasteiger partial charge in [-0.15, -0.1) is 0 Å². The van der Waals surface area contributed by atoms with Crippen molar-refractivity contribution < 1.29 is 4.79 Å². The minimum atomic E-state index is -0.215. The fourth-order valence-electron chi connectivity index (χ4n) is 2.64. The zero-order valence-corrected chi connectivity index (χ0v) is 14.1. The van der Waals surface area contributed by atoms with Gasteiger partial charge in [-0.05, 0) is 37.3 Å². The minimum Gasteiger partial charge on any atom is -0.370 e. The molecule has 0 aromatic heterocycles. The monoisotopic (exact) mass is 304 g/mol. The van der Waals surface area contributed by atoms with Crippen molar-refractivity contribution in [2.75, 3.05) is 18.0 Å². The number of aryl methyl sites for hydroxylation is 2. The second kappa shape index (κ2) is 8.41. The number of nitrogens with two attached hydrogens (primary N) is 1. The first-order valence-corrected chi connectivity index (χ1v) is 8.05. The van der Waals surface area contributed by atoms with Crippen LogP contribution >= 0.6 is 0 Å². The molecular weight excluding hydrogens is 276 g/mol. The fourth-order valence-corrected chi connectivity index (χ4v) is 2.64. The Hall–Kier alpha value is -2.04. The SMILES string of the molecule is CCCN(C(=N)N)C(=O)N(CC)c1c(CC)cccc1CC. The summed E-state index contributed by atoms with van der Waals surface area (Å²) in [6.07, 6.45) is 2.49. The number of para-hydroxylation sites is 1. The van der Waals surface area contributed by atoms with E-state index in [0.29, 0.717) is 13.1 Å². The van der Waals surface area contributed by atoms with Crippen LogP contribution in [0.4, 0.5) is 10.5 Å². The molecule has 122 valence electrons. The maximum Gasteiger partial charge on any atom is 0.331 e. The number of amides is 2. The first-order valence-electron chi connectivity index (χ1n) is 8.05. The molecule has 0 unspecified atom stereocenters. The third kappa shape index (κ3) is 3.78. The van der Waals surface area contributed by atoms with Crippen LogP contribution in [0, 0.1) is 5.41 Å². The molecule has 0 atom stereocenters. The number of benzene rings is 1. The van der Waals surface area contributed by atoms with Crippen LogP contribution in [0.25, 0.3) is 0 Å². The zero-order chi connectivity index (χ0) is 16.7. The number of guanidine groups is 1. The van der Waals surface area contributed by atoms with E-state index in [2.05, 4.69) is 26.0 Å². The number of carbonyl (C=O) groups is 1. The predicted molar refractivity (Wildman–Crippen MR) is 92.5 cm³/mol. The van der Waals surface area contributed by atoms with Crippen LogP contribution in [-0.2, 0) is 12.8 Å². The summed E-state index contributed by atoms with van der Waals surface area (Å²) in [6, 6.07) is 5.94. The van der Waals surface area contributed by atoms with Gasteiger partial charge in [-0.2, -0.15) is 0 Å². The summed E-state index contributed by atoms with van der Waals surface area (Å²) in [6.45, 7) is 9.11. The van der Waals surface area contributed by atoms with Gasteiger partial charge >= 0.3 is 6.03 Å². The first-order chi connectivity index (χ1) is 10.5. The van der Waals surface area contributed by atoms with Crippen LogP contribution in [0.15, 0.2) is 18.2 Å². The number of hydrogen-bond donors (Lipinski definition) is 2. The van der Waals surface area contributed by atoms with Crippen LogP contribution < -0.4 is 10.6 Å². The third-order valence-corrected chi connectivity index (χ3v) is 3.75. The molecule has 1 aromatic rings. The number of anilines is 1. The van der Waals surface area contributed by atoms with Crippen molar-refractivity contribution in [1.82, 2.24) is 4.90 Å². The lowest BCUT2D eigenvalue weighted by molar-refractivity contribution is 0.226. The van der Waals surface area contributed by atoms with E-state index in [0.717, 1.165) is 36.1 Å². The molecule has 0 heterocycles. The quantitative estimate of drug-likeness (QED) is 0.624. The van der Waals surface area contributed by atoms with Crippen molar-refractivity contribution >= 4 is 17.7 Å². The lowest BCUT2D eigenvalue weighted by atomic mass is 10.0. The van der Waals surface area contributed by atoms with Crippen LogP contribution in [0.1, 0.15) is 45.2 Å². The van der Waals surface area contributed by atoms with Gasteiger partial charge in [-0.25, -0.2) is 4.79 Å². The van der Waals surface area contributed by atoms with E-state index in [-0.39, 0.29) is 12.0 Å². The Balaban J connectivity index is 3.31. The van der Waals surface area contributed by atoms with Crippen LogP contribution in [-0.4, -0.2) is 30.0 Å². The topological polar surface area (TPSA) is 73.4 Å². The average Bonchev–Trinajstić information content (AvgIpc) is 2.52. The fraction of sp³-hybridized carbons (Fsp3) is 0.529. The maximum atomic E-state index is 12.9. The molecule has 22 heavy (non-hydrogen) atoms. The van der Waals surface area contributed by atoms with E-state index in [9.17, 15) is 4.79 Å². The summed E-state index contributed by atoms with van der Waals surface area (Å²) in [4.78, 5) is 16.0. The highest BCUT2D eigenvalue weighted by Gasteiger charge is 2.25. The maximum absolute atomic E-state index is 12.9. The Morgan fingerprint density at radius 1 is 1.14 bits per heavy atom. The largest absolute Gasteiger partial charge is 0.370 e. The molecule has 0 radical (unpaired) electrons. The summed E-state index contributed by atoms with van der Waals surface area (Å²) in [5.41, 5.74) is 8.87. The molecule has 0 aliphatic rings. The van der Waals surface area contributed by atoms with Gasteiger partial charge in [0, 0.05) is 13.1 Å². The molecule has 0 aliphatic heterocycles. The Morgan fingerprint density at radius 3 is 2.05 bits per heavy atom. The Kier molecular flexibility index (Phi) is 6.89. The van der Waals surface area contributed by atoms with Crippen molar-refractivity contribution in [3.63, 3.8) is 0 Å². The number of urea groups is 1. The number of rotatable bonds is 6. The third-order valence-electron chi connectivity index (χ3n) is 3.75. The van der Waals surface area contributed by atoms with Crippen LogP contribution in [0.5, 0.6) is 0 Å². The van der Waals surface area contributed by atoms with Crippen molar-refractivity contribution in [1.29, 1.82) is 5.41 Å². The van der Waals surface area contributed by atoms with Gasteiger partial charge < -0.3 is 5.73 Å². The highest BCUT2D eigenvalue weighted by molar-refractivity contribution is 6.03. The summed E-state index contributed by atoms with van der Waals surface area (Å²) in [7, 11) is 0. The Labute approximate surface area is 133 Å². The highest BCUT2D eigenvalue weighted by Crippen LogP contribution is 2.28. The molecule has 2 amide bonds. The second-order valence-corrected chi connectivity index (χ2v) is 5.20. The smallest absolute Gasteiger partial charge is 0.331 e. The van der Waals surface area contributed by atoms with Gasteiger partial charge in [0.05, 0.1) is 5.69 Å². The van der Waals surface area contributed by atoms with E-state index in [4.69, 9.17) is 11.1 Å². The van der Waals surface area contributed by atoms with Gasteiger partial charge in [-0.3, -0.25) is 15.2 Å². The second-order valence-electron chi connectivity index (χ2n) is 5.20. The average molecular weight is 304 g/mol. The molecule has 1 rings (SSSR count). The van der Waals surface area contributed by atoms with E-state index >= 15 is 0 Å². The lowest BCUT2D eigenvalue weighted by Crippen LogP contribution is -2.49. The van der Waals surface area contributed by atoms with Crippen molar-refractivity contribution in [3.05, 3.63) is 29.3 Å². The number of nitrogens with zero attached hydrogens (tertiary/aromatic N) is 2. The molecule has 0 saturated heterocycles. The molecule has 3 N–H and O–H groups in total. The molecule has 5 heteroatoms. The summed E-state index contributed by atoms with van der Waals surface area (Å²) >= 11 is 0. The first kappa shape index (κ1) is 18.0. The molecule has 5 nitrogen and oxygen atoms in total. The number of hydrogen-bond acceptors (Lipinski definition) is 2. The van der Waals surface area contributed by atoms with E-state index < -0.39 is 0 Å². The Bertz CT molecular complexity index is 505. The minimum absolute atomic E-state index is 0.197. The highest BCUT2D eigenvalue weighted by atomic mass is 16.2. The molecule has 0 saturated carbocycles. The molecule has 0 bridgehead atoms. The van der Waals surface area contributed by atoms with Gasteiger partial charge in [0.2, 0.25) is 0 Å². The van der Waals surface area contributed by atoms with Gasteiger partial charge in [-0.1, -0.05) is 39.0 Å². The van der Waals surface area contributed by atoms with Gasteiger partial charge in [0.1, 0.15) is 0 Å². The van der Waals surface area contributed by atoms with Crippen molar-refractivity contribution in [2.24, 2.45) is 5.73 Å². The molecule has 1 aromatic carbocycles. The van der Waals surface area contributed by atoms with Crippen molar-refractivity contribution in [2.45, 2.75) is 47.0 Å². The standard InChI is InChI=1S/C17H28N4O/c1-5-12-21(16(18)19)17(22)20(8-4)15-13(6-2)10-9-11-14(15)7-3/h9-11H,5-8,12H2,1-4H3,(H3,18,19). The summed E-state index contributed by atoms with van der Waals surface area (Å²) < 4.78 is 0. The van der Waals surface area contributed by atoms with Crippen LogP contribution in [0.3, 0.4) is 0 Å². The van der Waals surface area contributed by atoms with Crippen LogP contribution in [0.2, 0.25) is 0 Å². The zero-order valence-electron chi connectivity index (χ0n) is 14.1. The summed E-state index contributed by atoms with van der Waals surface area (Å²) in [5, 5.41) is 7.67. The van der Waals surface area contributed by atoms with E-state index in [1.807, 2.05) is 19.9 Å². The van der Waals surface area contributed by atoms with Crippen molar-refractivity contribution in [3.8, 4) is 0 Å². The van der Waals surface area contributed by atoms with Gasteiger partial charge in [0.15, 0.2) is 5.96 Å². The lowest BCUT2D eigenvalue weighted by Gasteiger charge is -2.31. The number of nitrogens with one attached hydrogen (secondary N) is 1. The number of carbonyl (C=O) groups excluding carboxylic acids is 1. The van der Waals surface area contributed by atoms with E-state index in [1.54, 1.807) is 4.90 Å². The molecule has 0 fully saturated rings. The molecule has 0 aliphatic carbocycles. The predicted octanol–water partition coefficient (Wildman–Crippen LogP) is 3.36. The molecular formula is C17H28N4O. The van der Waals surface area contributed by atoms with E-state index in [1.165, 1.54) is 4.90 Å². The van der Waals surface area contributed by atoms with Gasteiger partial charge in [0.25, 0.3) is 0 Å². The summed E-state index contributed by atoms with van der Waals surface area (Å²) in [5.74, 6) is -0.197. The normalized spacial score (nSPS) is 10.4.